The molecule has 0 fully saturated rings. The van der Waals surface area contributed by atoms with Crippen LogP contribution in [0.5, 0.6) is 0 Å². The van der Waals surface area contributed by atoms with Crippen LogP contribution < -0.4 is 5.32 Å². The van der Waals surface area contributed by atoms with Gasteiger partial charge in [0.1, 0.15) is 0 Å². The Morgan fingerprint density at radius 2 is 2.35 bits per heavy atom. The molecule has 0 saturated carbocycles. The lowest BCUT2D eigenvalue weighted by molar-refractivity contribution is -0.384. The van der Waals surface area contributed by atoms with Gasteiger partial charge >= 0.3 is 5.69 Å². The first-order valence-corrected chi connectivity index (χ1v) is 5.01. The number of hydrogen-bond donors (Lipinski definition) is 1. The summed E-state index contributed by atoms with van der Waals surface area (Å²) in [6, 6.07) is 11.4. The minimum atomic E-state index is -0.449. The fourth-order valence-electron chi connectivity index (χ4n) is 1.40. The molecule has 1 aromatic heterocycles. The van der Waals surface area contributed by atoms with Crippen LogP contribution in [0, 0.1) is 23.1 Å². The molecular weight excluding hydrogens is 218 g/mol. The van der Waals surface area contributed by atoms with Gasteiger partial charge in [-0.15, -0.1) is 0 Å². The Hall–Kier alpha value is -2.43. The number of nitrogens with one attached hydrogen (secondary N) is 1. The molecular formula is C12H10N3O2. The average molecular weight is 228 g/mol. The molecule has 1 heterocycles. The van der Waals surface area contributed by atoms with Crippen LogP contribution in [0.2, 0.25) is 0 Å². The molecule has 85 valence electrons. The molecule has 2 aromatic rings. The number of nitrogens with zero attached hydrogens (tertiary/aromatic N) is 2. The lowest BCUT2D eigenvalue weighted by atomic mass is 10.2. The van der Waals surface area contributed by atoms with Gasteiger partial charge in [-0.05, 0) is 30.7 Å². The zero-order valence-electron chi connectivity index (χ0n) is 9.18. The summed E-state index contributed by atoms with van der Waals surface area (Å²) >= 11 is 0. The number of anilines is 2. The van der Waals surface area contributed by atoms with Crippen LogP contribution in [0.15, 0.2) is 36.5 Å². The number of hydrogen-bond acceptors (Lipinski definition) is 4. The fourth-order valence-corrected chi connectivity index (χ4v) is 1.40. The van der Waals surface area contributed by atoms with E-state index in [2.05, 4.69) is 16.4 Å². The van der Waals surface area contributed by atoms with Crippen molar-refractivity contribution in [2.24, 2.45) is 0 Å². The molecule has 17 heavy (non-hydrogen) atoms. The molecule has 5 heteroatoms. The van der Waals surface area contributed by atoms with Gasteiger partial charge in [0.25, 0.3) is 0 Å². The molecule has 2 rings (SSSR count). The predicted molar refractivity (Wildman–Crippen MR) is 64.2 cm³/mol. The maximum absolute atomic E-state index is 10.9. The molecule has 5 nitrogen and oxygen atoms in total. The zero-order chi connectivity index (χ0) is 12.3. The van der Waals surface area contributed by atoms with Crippen molar-refractivity contribution in [3.63, 3.8) is 0 Å². The third-order valence-electron chi connectivity index (χ3n) is 2.17. The number of aromatic nitrogens is 1. The van der Waals surface area contributed by atoms with E-state index in [1.165, 1.54) is 6.07 Å². The van der Waals surface area contributed by atoms with Gasteiger partial charge in [-0.3, -0.25) is 10.1 Å². The first-order valence-electron chi connectivity index (χ1n) is 5.01. The van der Waals surface area contributed by atoms with Crippen LogP contribution in [0.1, 0.15) is 5.56 Å². The summed E-state index contributed by atoms with van der Waals surface area (Å²) < 4.78 is 0. The van der Waals surface area contributed by atoms with Gasteiger partial charge in [0.05, 0.1) is 4.92 Å². The van der Waals surface area contributed by atoms with Crippen molar-refractivity contribution in [2.45, 2.75) is 6.92 Å². The maximum atomic E-state index is 10.9. The summed E-state index contributed by atoms with van der Waals surface area (Å²) in [7, 11) is 0. The Balaban J connectivity index is 2.36. The number of rotatable bonds is 3. The van der Waals surface area contributed by atoms with Gasteiger partial charge in [0.2, 0.25) is 5.82 Å². The van der Waals surface area contributed by atoms with Crippen molar-refractivity contribution >= 4 is 17.2 Å². The van der Waals surface area contributed by atoms with Crippen LogP contribution in [-0.2, 0) is 0 Å². The molecule has 0 saturated heterocycles. The van der Waals surface area contributed by atoms with Crippen molar-refractivity contribution in [1.29, 1.82) is 0 Å². The summed E-state index contributed by atoms with van der Waals surface area (Å²) in [6.45, 7) is 1.76. The smallest absolute Gasteiger partial charge is 0.311 e. The fraction of sp³-hybridized carbons (Fsp3) is 0.0833. The lowest BCUT2D eigenvalue weighted by Gasteiger charge is -2.05. The molecule has 0 unspecified atom stereocenters. The number of aryl methyl sites for hydroxylation is 1. The quantitative estimate of drug-likeness (QED) is 0.647. The Kier molecular flexibility index (Phi) is 3.00. The summed E-state index contributed by atoms with van der Waals surface area (Å²) in [5, 5.41) is 13.8. The van der Waals surface area contributed by atoms with E-state index in [0.29, 0.717) is 5.69 Å². The first kappa shape index (κ1) is 11.1. The summed E-state index contributed by atoms with van der Waals surface area (Å²) in [4.78, 5) is 14.5. The van der Waals surface area contributed by atoms with Crippen molar-refractivity contribution in [3.05, 3.63) is 58.3 Å². The Labute approximate surface area is 98.3 Å². The highest BCUT2D eigenvalue weighted by atomic mass is 16.6. The van der Waals surface area contributed by atoms with Gasteiger partial charge in [-0.1, -0.05) is 12.1 Å². The molecule has 0 bridgehead atoms. The van der Waals surface area contributed by atoms with Crippen LogP contribution in [0.25, 0.3) is 0 Å². The maximum Gasteiger partial charge on any atom is 0.311 e. The second-order valence-corrected chi connectivity index (χ2v) is 3.55. The van der Waals surface area contributed by atoms with Gasteiger partial charge in [0, 0.05) is 18.0 Å². The van der Waals surface area contributed by atoms with E-state index in [9.17, 15) is 10.1 Å². The second-order valence-electron chi connectivity index (χ2n) is 3.55. The molecule has 0 aliphatic carbocycles. The molecule has 1 aromatic carbocycles. The minimum absolute atomic E-state index is 0.0335. The van der Waals surface area contributed by atoms with Crippen LogP contribution in [0.4, 0.5) is 17.2 Å². The molecule has 0 amide bonds. The number of nitro groups is 1. The van der Waals surface area contributed by atoms with Gasteiger partial charge < -0.3 is 5.32 Å². The highest BCUT2D eigenvalue weighted by Gasteiger charge is 2.15. The van der Waals surface area contributed by atoms with Crippen molar-refractivity contribution in [2.75, 3.05) is 5.32 Å². The highest BCUT2D eigenvalue weighted by molar-refractivity contribution is 5.65. The molecule has 0 aliphatic heterocycles. The SMILES string of the molecule is Cc1cnc(Nc2c[c]ccc2)c([N+](=O)[O-])c1. The number of benzene rings is 1. The van der Waals surface area contributed by atoms with E-state index in [1.54, 1.807) is 37.4 Å². The van der Waals surface area contributed by atoms with E-state index in [4.69, 9.17) is 0 Å². The van der Waals surface area contributed by atoms with Gasteiger partial charge in [-0.2, -0.15) is 0 Å². The Morgan fingerprint density at radius 1 is 1.53 bits per heavy atom. The number of pyridine rings is 1. The van der Waals surface area contributed by atoms with E-state index >= 15 is 0 Å². The first-order chi connectivity index (χ1) is 8.16. The average Bonchev–Trinajstić information content (AvgIpc) is 2.32. The predicted octanol–water partition coefficient (Wildman–Crippen LogP) is 2.84. The van der Waals surface area contributed by atoms with Crippen molar-refractivity contribution in [1.82, 2.24) is 4.98 Å². The monoisotopic (exact) mass is 228 g/mol. The summed E-state index contributed by atoms with van der Waals surface area (Å²) in [5.74, 6) is 0.236. The third kappa shape index (κ3) is 2.57. The van der Waals surface area contributed by atoms with E-state index in [-0.39, 0.29) is 11.5 Å². The standard InChI is InChI=1S/C12H10N3O2/c1-9-7-11(15(16)17)12(13-8-9)14-10-5-3-2-4-6-10/h2-3,5-8H,1H3,(H,13,14). The zero-order valence-corrected chi connectivity index (χ0v) is 9.18. The molecule has 0 atom stereocenters. The largest absolute Gasteiger partial charge is 0.334 e. The molecule has 0 aliphatic rings. The summed E-state index contributed by atoms with van der Waals surface area (Å²) in [6.07, 6.45) is 1.59. The lowest BCUT2D eigenvalue weighted by Crippen LogP contribution is -2.00. The molecule has 1 N–H and O–H groups in total. The van der Waals surface area contributed by atoms with Crippen LogP contribution in [-0.4, -0.2) is 9.91 Å². The third-order valence-corrected chi connectivity index (χ3v) is 2.17. The van der Waals surface area contributed by atoms with Gasteiger partial charge in [-0.25, -0.2) is 4.98 Å². The minimum Gasteiger partial charge on any atom is -0.334 e. The van der Waals surface area contributed by atoms with Crippen molar-refractivity contribution in [3.8, 4) is 0 Å². The Bertz CT molecular complexity index is 541. The van der Waals surface area contributed by atoms with Crippen LogP contribution in [0.3, 0.4) is 0 Å². The molecule has 1 radical (unpaired) electrons. The van der Waals surface area contributed by atoms with Crippen LogP contribution >= 0.6 is 0 Å². The Morgan fingerprint density at radius 3 is 3.00 bits per heavy atom. The highest BCUT2D eigenvalue weighted by Crippen LogP contribution is 2.25. The second kappa shape index (κ2) is 4.61. The van der Waals surface area contributed by atoms with Gasteiger partial charge in [0.15, 0.2) is 0 Å². The summed E-state index contributed by atoms with van der Waals surface area (Å²) in [5.41, 5.74) is 1.43. The van der Waals surface area contributed by atoms with Crippen molar-refractivity contribution < 1.29 is 4.92 Å². The van der Waals surface area contributed by atoms with E-state index < -0.39 is 4.92 Å². The topological polar surface area (TPSA) is 68.1 Å². The van der Waals surface area contributed by atoms with E-state index in [1.807, 2.05) is 0 Å². The van der Waals surface area contributed by atoms with E-state index in [0.717, 1.165) is 5.56 Å². The normalized spacial score (nSPS) is 9.94. The molecule has 0 spiro atoms.